The van der Waals surface area contributed by atoms with Crippen LogP contribution in [0.4, 0.5) is 0 Å². The van der Waals surface area contributed by atoms with Gasteiger partial charge in [0, 0.05) is 23.0 Å². The van der Waals surface area contributed by atoms with E-state index in [2.05, 4.69) is 35.8 Å². The van der Waals surface area contributed by atoms with Crippen LogP contribution in [-0.4, -0.2) is 19.8 Å². The van der Waals surface area contributed by atoms with Gasteiger partial charge in [0.15, 0.2) is 0 Å². The molecule has 2 heterocycles. The third kappa shape index (κ3) is 5.72. The summed E-state index contributed by atoms with van der Waals surface area (Å²) < 4.78 is 6.44. The zero-order chi connectivity index (χ0) is 14.9. The van der Waals surface area contributed by atoms with Crippen LogP contribution < -0.4 is 5.32 Å². The summed E-state index contributed by atoms with van der Waals surface area (Å²) in [5, 5.41) is 5.74. The van der Waals surface area contributed by atoms with E-state index in [0.29, 0.717) is 0 Å². The largest absolute Gasteiger partial charge is 0.381 e. The molecule has 1 N–H and O–H groups in total. The van der Waals surface area contributed by atoms with Gasteiger partial charge in [-0.3, -0.25) is 0 Å². The molecule has 2 nitrogen and oxygen atoms in total. The molecule has 1 atom stereocenters. The minimum absolute atomic E-state index is 0.248. The average Bonchev–Trinajstić information content (AvgIpc) is 3.14. The monoisotopic (exact) mass is 343 g/mol. The van der Waals surface area contributed by atoms with Crippen LogP contribution in [0.5, 0.6) is 0 Å². The maximum Gasteiger partial charge on any atom is 0.0931 e. The molecular weight excluding hydrogens is 322 g/mol. The van der Waals surface area contributed by atoms with Crippen molar-refractivity contribution in [1.29, 1.82) is 0 Å². The fourth-order valence-electron chi connectivity index (χ4n) is 2.05. The number of halogens is 1. The number of hydrogen-bond acceptors (Lipinski definition) is 4. The number of thiophene rings is 2. The van der Waals surface area contributed by atoms with Crippen molar-refractivity contribution in [3.05, 3.63) is 43.7 Å². The Kier molecular flexibility index (Phi) is 7.75. The minimum atomic E-state index is 0.248. The van der Waals surface area contributed by atoms with Crippen molar-refractivity contribution in [2.45, 2.75) is 32.2 Å². The van der Waals surface area contributed by atoms with Gasteiger partial charge in [0.05, 0.1) is 10.4 Å². The molecule has 0 saturated heterocycles. The number of hydrogen-bond donors (Lipinski definition) is 1. The van der Waals surface area contributed by atoms with E-state index in [1.807, 2.05) is 6.07 Å². The van der Waals surface area contributed by atoms with Crippen LogP contribution in [0.3, 0.4) is 0 Å². The summed E-state index contributed by atoms with van der Waals surface area (Å²) in [6, 6.07) is 8.60. The molecule has 0 aliphatic heterocycles. The summed E-state index contributed by atoms with van der Waals surface area (Å²) in [5.41, 5.74) is 0. The second kappa shape index (κ2) is 9.59. The van der Waals surface area contributed by atoms with Gasteiger partial charge in [0.1, 0.15) is 0 Å². The Balaban J connectivity index is 1.81. The molecule has 21 heavy (non-hydrogen) atoms. The molecule has 0 aliphatic rings. The first-order valence-electron chi connectivity index (χ1n) is 7.41. The highest BCUT2D eigenvalue weighted by atomic mass is 35.5. The molecule has 1 unspecified atom stereocenters. The van der Waals surface area contributed by atoms with E-state index in [0.717, 1.165) is 36.9 Å². The lowest BCUT2D eigenvalue weighted by Gasteiger charge is -2.16. The fourth-order valence-corrected chi connectivity index (χ4v) is 4.10. The summed E-state index contributed by atoms with van der Waals surface area (Å²) in [6.07, 6.45) is 3.38. The number of unbranched alkanes of at least 4 members (excludes halogenated alkanes) is 1. The van der Waals surface area contributed by atoms with Crippen molar-refractivity contribution >= 4 is 34.3 Å². The molecule has 0 bridgehead atoms. The standard InChI is InChI=1S/C16H22ClNOS2/c1-2-3-10-19-11-5-9-18-16(13-6-4-12-20-13)14-7-8-15(17)21-14/h4,6-8,12,16,18H,2-3,5,9-11H2,1H3. The Bertz CT molecular complexity index is 498. The van der Waals surface area contributed by atoms with Gasteiger partial charge in [-0.15, -0.1) is 22.7 Å². The van der Waals surface area contributed by atoms with Crippen molar-refractivity contribution in [2.24, 2.45) is 0 Å². The predicted molar refractivity (Wildman–Crippen MR) is 93.8 cm³/mol. The quantitative estimate of drug-likeness (QED) is 0.587. The van der Waals surface area contributed by atoms with E-state index in [9.17, 15) is 0 Å². The van der Waals surface area contributed by atoms with Crippen LogP contribution in [0.2, 0.25) is 4.34 Å². The van der Waals surface area contributed by atoms with Gasteiger partial charge < -0.3 is 10.1 Å². The summed E-state index contributed by atoms with van der Waals surface area (Å²) in [4.78, 5) is 2.61. The molecule has 2 aromatic heterocycles. The van der Waals surface area contributed by atoms with E-state index in [-0.39, 0.29) is 6.04 Å². The maximum atomic E-state index is 6.07. The van der Waals surface area contributed by atoms with Crippen molar-refractivity contribution in [3.63, 3.8) is 0 Å². The van der Waals surface area contributed by atoms with E-state index < -0.39 is 0 Å². The van der Waals surface area contributed by atoms with Gasteiger partial charge in [-0.1, -0.05) is 31.0 Å². The van der Waals surface area contributed by atoms with Gasteiger partial charge in [-0.25, -0.2) is 0 Å². The fraction of sp³-hybridized carbons (Fsp3) is 0.500. The molecular formula is C16H22ClNOS2. The van der Waals surface area contributed by atoms with Crippen LogP contribution >= 0.6 is 34.3 Å². The predicted octanol–water partition coefficient (Wildman–Crippen LogP) is 5.35. The van der Waals surface area contributed by atoms with Gasteiger partial charge in [0.2, 0.25) is 0 Å². The zero-order valence-electron chi connectivity index (χ0n) is 12.3. The number of rotatable bonds is 10. The highest BCUT2D eigenvalue weighted by molar-refractivity contribution is 7.16. The summed E-state index contributed by atoms with van der Waals surface area (Å²) in [5.74, 6) is 0. The second-order valence-electron chi connectivity index (χ2n) is 4.86. The van der Waals surface area contributed by atoms with E-state index in [1.165, 1.54) is 16.2 Å². The third-order valence-corrected chi connectivity index (χ3v) is 5.40. The Labute approximate surface area is 140 Å². The number of ether oxygens (including phenoxy) is 1. The van der Waals surface area contributed by atoms with Gasteiger partial charge in [-0.05, 0) is 43.0 Å². The molecule has 0 amide bonds. The topological polar surface area (TPSA) is 21.3 Å². The first kappa shape index (κ1) is 17.0. The van der Waals surface area contributed by atoms with Crippen molar-refractivity contribution in [1.82, 2.24) is 5.32 Å². The molecule has 0 aromatic carbocycles. The van der Waals surface area contributed by atoms with Gasteiger partial charge >= 0.3 is 0 Å². The molecule has 0 fully saturated rings. The summed E-state index contributed by atoms with van der Waals surface area (Å²) >= 11 is 9.50. The summed E-state index contributed by atoms with van der Waals surface area (Å²) in [7, 11) is 0. The number of nitrogens with one attached hydrogen (secondary N) is 1. The Hall–Kier alpha value is -0.390. The van der Waals surface area contributed by atoms with E-state index >= 15 is 0 Å². The first-order chi connectivity index (χ1) is 10.3. The Morgan fingerprint density at radius 2 is 2.05 bits per heavy atom. The first-order valence-corrected chi connectivity index (χ1v) is 9.48. The van der Waals surface area contributed by atoms with Crippen LogP contribution in [0.15, 0.2) is 29.6 Å². The highest BCUT2D eigenvalue weighted by Gasteiger charge is 2.16. The zero-order valence-corrected chi connectivity index (χ0v) is 14.7. The van der Waals surface area contributed by atoms with Crippen molar-refractivity contribution < 1.29 is 4.74 Å². The molecule has 0 radical (unpaired) electrons. The molecule has 2 rings (SSSR count). The van der Waals surface area contributed by atoms with Crippen molar-refractivity contribution in [2.75, 3.05) is 19.8 Å². The van der Waals surface area contributed by atoms with Crippen molar-refractivity contribution in [3.8, 4) is 0 Å². The molecule has 116 valence electrons. The lowest BCUT2D eigenvalue weighted by molar-refractivity contribution is 0.128. The van der Waals surface area contributed by atoms with Gasteiger partial charge in [0.25, 0.3) is 0 Å². The molecule has 0 aliphatic carbocycles. The Morgan fingerprint density at radius 1 is 1.19 bits per heavy atom. The highest BCUT2D eigenvalue weighted by Crippen LogP contribution is 2.32. The SMILES string of the molecule is CCCCOCCCNC(c1cccs1)c1ccc(Cl)s1. The van der Waals surface area contributed by atoms with Gasteiger partial charge in [-0.2, -0.15) is 0 Å². The Morgan fingerprint density at radius 3 is 2.71 bits per heavy atom. The lowest BCUT2D eigenvalue weighted by Crippen LogP contribution is -2.23. The normalized spacial score (nSPS) is 12.7. The average molecular weight is 344 g/mol. The van der Waals surface area contributed by atoms with Crippen LogP contribution in [0, 0.1) is 0 Å². The van der Waals surface area contributed by atoms with E-state index in [4.69, 9.17) is 16.3 Å². The van der Waals surface area contributed by atoms with Crippen LogP contribution in [0.25, 0.3) is 0 Å². The molecule has 5 heteroatoms. The molecule has 0 saturated carbocycles. The maximum absolute atomic E-state index is 6.07. The van der Waals surface area contributed by atoms with Crippen LogP contribution in [-0.2, 0) is 4.74 Å². The smallest absolute Gasteiger partial charge is 0.0931 e. The van der Waals surface area contributed by atoms with Crippen LogP contribution in [0.1, 0.15) is 42.0 Å². The molecule has 2 aromatic rings. The second-order valence-corrected chi connectivity index (χ2v) is 7.59. The minimum Gasteiger partial charge on any atom is -0.381 e. The lowest BCUT2D eigenvalue weighted by atomic mass is 10.2. The molecule has 0 spiro atoms. The third-order valence-electron chi connectivity index (χ3n) is 3.16. The summed E-state index contributed by atoms with van der Waals surface area (Å²) in [6.45, 7) is 4.84. The van der Waals surface area contributed by atoms with E-state index in [1.54, 1.807) is 22.7 Å².